The molecular formula is C14H19ClO. The fourth-order valence-corrected chi connectivity index (χ4v) is 2.89. The first-order valence-corrected chi connectivity index (χ1v) is 6.42. The second-order valence-electron chi connectivity index (χ2n) is 4.95. The van der Waals surface area contributed by atoms with Gasteiger partial charge in [0.2, 0.25) is 0 Å². The summed E-state index contributed by atoms with van der Waals surface area (Å²) in [6, 6.07) is 4.01. The van der Waals surface area contributed by atoms with Crippen molar-refractivity contribution in [3.63, 3.8) is 0 Å². The Kier molecular flexibility index (Phi) is 3.56. The van der Waals surface area contributed by atoms with Crippen LogP contribution in [0.1, 0.15) is 48.5 Å². The number of hydrogen-bond donors (Lipinski definition) is 1. The van der Waals surface area contributed by atoms with Gasteiger partial charge in [-0.15, -0.1) is 0 Å². The molecular weight excluding hydrogens is 220 g/mol. The molecule has 0 aromatic heterocycles. The third-order valence-electron chi connectivity index (χ3n) is 3.78. The molecule has 1 nitrogen and oxygen atoms in total. The average Bonchev–Trinajstić information content (AvgIpc) is 2.75. The van der Waals surface area contributed by atoms with E-state index < -0.39 is 0 Å². The normalized spacial score (nSPS) is 19.0. The first kappa shape index (κ1) is 11.9. The quantitative estimate of drug-likeness (QED) is 0.820. The second-order valence-corrected chi connectivity index (χ2v) is 5.35. The van der Waals surface area contributed by atoms with Gasteiger partial charge in [-0.2, -0.15) is 0 Å². The molecule has 1 N–H and O–H groups in total. The van der Waals surface area contributed by atoms with Gasteiger partial charge in [0.1, 0.15) is 0 Å². The van der Waals surface area contributed by atoms with Crippen molar-refractivity contribution >= 4 is 11.6 Å². The van der Waals surface area contributed by atoms with E-state index in [-0.39, 0.29) is 6.10 Å². The number of aliphatic hydroxyl groups is 1. The van der Waals surface area contributed by atoms with Gasteiger partial charge in [0, 0.05) is 5.02 Å². The van der Waals surface area contributed by atoms with Gasteiger partial charge in [-0.1, -0.05) is 30.5 Å². The summed E-state index contributed by atoms with van der Waals surface area (Å²) in [6.45, 7) is 4.11. The van der Waals surface area contributed by atoms with E-state index in [1.807, 2.05) is 19.1 Å². The van der Waals surface area contributed by atoms with Gasteiger partial charge in [0.15, 0.2) is 0 Å². The molecule has 0 radical (unpaired) electrons. The zero-order valence-electron chi connectivity index (χ0n) is 9.96. The monoisotopic (exact) mass is 238 g/mol. The molecule has 1 saturated carbocycles. The summed E-state index contributed by atoms with van der Waals surface area (Å²) in [7, 11) is 0. The minimum absolute atomic E-state index is 0.380. The van der Waals surface area contributed by atoms with Gasteiger partial charge in [-0.25, -0.2) is 0 Å². The molecule has 2 rings (SSSR count). The van der Waals surface area contributed by atoms with Crippen LogP contribution in [0.2, 0.25) is 5.02 Å². The highest BCUT2D eigenvalue weighted by Crippen LogP contribution is 2.38. The molecule has 88 valence electrons. The average molecular weight is 239 g/mol. The van der Waals surface area contributed by atoms with Crippen molar-refractivity contribution in [2.45, 2.75) is 45.6 Å². The van der Waals surface area contributed by atoms with E-state index in [0.29, 0.717) is 10.9 Å². The van der Waals surface area contributed by atoms with Gasteiger partial charge in [-0.05, 0) is 55.4 Å². The van der Waals surface area contributed by atoms with E-state index in [4.69, 9.17) is 11.6 Å². The Morgan fingerprint density at radius 3 is 2.38 bits per heavy atom. The summed E-state index contributed by atoms with van der Waals surface area (Å²) < 4.78 is 0. The number of halogens is 1. The van der Waals surface area contributed by atoms with Crippen molar-refractivity contribution in [3.8, 4) is 0 Å². The minimum Gasteiger partial charge on any atom is -0.388 e. The summed E-state index contributed by atoms with van der Waals surface area (Å²) in [5.41, 5.74) is 3.31. The van der Waals surface area contributed by atoms with Crippen LogP contribution in [-0.4, -0.2) is 5.11 Å². The number of hydrogen-bond acceptors (Lipinski definition) is 1. The van der Waals surface area contributed by atoms with Crippen molar-refractivity contribution in [2.75, 3.05) is 0 Å². The summed E-state index contributed by atoms with van der Waals surface area (Å²) in [6.07, 6.45) is 4.36. The maximum absolute atomic E-state index is 10.3. The number of aryl methyl sites for hydroxylation is 2. The molecule has 0 amide bonds. The van der Waals surface area contributed by atoms with Crippen molar-refractivity contribution in [2.24, 2.45) is 5.92 Å². The van der Waals surface area contributed by atoms with Crippen LogP contribution in [-0.2, 0) is 0 Å². The maximum Gasteiger partial charge on any atom is 0.0832 e. The molecule has 16 heavy (non-hydrogen) atoms. The lowest BCUT2D eigenvalue weighted by Crippen LogP contribution is -2.10. The highest BCUT2D eigenvalue weighted by molar-refractivity contribution is 6.31. The number of aliphatic hydroxyl groups excluding tert-OH is 1. The van der Waals surface area contributed by atoms with Crippen molar-refractivity contribution in [3.05, 3.63) is 33.8 Å². The topological polar surface area (TPSA) is 20.2 Å². The zero-order valence-corrected chi connectivity index (χ0v) is 10.7. The van der Waals surface area contributed by atoms with Crippen molar-refractivity contribution in [1.82, 2.24) is 0 Å². The lowest BCUT2D eigenvalue weighted by molar-refractivity contribution is 0.111. The van der Waals surface area contributed by atoms with Gasteiger partial charge in [-0.3, -0.25) is 0 Å². The van der Waals surface area contributed by atoms with E-state index in [9.17, 15) is 5.11 Å². The van der Waals surface area contributed by atoms with Gasteiger partial charge in [0.05, 0.1) is 6.10 Å². The number of rotatable bonds is 2. The number of benzene rings is 1. The van der Waals surface area contributed by atoms with Crippen LogP contribution in [0.3, 0.4) is 0 Å². The van der Waals surface area contributed by atoms with Gasteiger partial charge >= 0.3 is 0 Å². The molecule has 0 aliphatic heterocycles. The molecule has 1 aliphatic carbocycles. The predicted octanol–water partition coefficient (Wildman–Crippen LogP) is 4.18. The summed E-state index contributed by atoms with van der Waals surface area (Å²) in [4.78, 5) is 0. The van der Waals surface area contributed by atoms with Crippen LogP contribution < -0.4 is 0 Å². The van der Waals surface area contributed by atoms with E-state index >= 15 is 0 Å². The molecule has 1 atom stereocenters. The first-order chi connectivity index (χ1) is 7.59. The Hall–Kier alpha value is -0.530. The van der Waals surface area contributed by atoms with E-state index in [2.05, 4.69) is 6.92 Å². The van der Waals surface area contributed by atoms with Crippen molar-refractivity contribution in [1.29, 1.82) is 0 Å². The van der Waals surface area contributed by atoms with E-state index in [0.717, 1.165) is 18.4 Å². The van der Waals surface area contributed by atoms with E-state index in [1.165, 1.54) is 24.0 Å². The smallest absolute Gasteiger partial charge is 0.0832 e. The Balaban J connectivity index is 2.28. The summed E-state index contributed by atoms with van der Waals surface area (Å²) in [5.74, 6) is 0.402. The summed E-state index contributed by atoms with van der Waals surface area (Å²) >= 11 is 6.21. The van der Waals surface area contributed by atoms with Crippen LogP contribution >= 0.6 is 11.6 Å². The van der Waals surface area contributed by atoms with Gasteiger partial charge in [0.25, 0.3) is 0 Å². The SMILES string of the molecule is Cc1cc(Cl)c(C(O)C2CCCC2)cc1C. The molecule has 0 saturated heterocycles. The van der Waals surface area contributed by atoms with Crippen LogP contribution in [0.25, 0.3) is 0 Å². The molecule has 1 aromatic rings. The predicted molar refractivity (Wildman–Crippen MR) is 67.8 cm³/mol. The minimum atomic E-state index is -0.380. The Morgan fingerprint density at radius 2 is 1.75 bits per heavy atom. The Bertz CT molecular complexity index is 381. The lowest BCUT2D eigenvalue weighted by Gasteiger charge is -2.20. The standard InChI is InChI=1S/C14H19ClO/c1-9-7-12(13(15)8-10(9)2)14(16)11-5-3-4-6-11/h7-8,11,14,16H,3-6H2,1-2H3. The van der Waals surface area contributed by atoms with Crippen molar-refractivity contribution < 1.29 is 5.11 Å². The van der Waals surface area contributed by atoms with Crippen LogP contribution in [0.15, 0.2) is 12.1 Å². The van der Waals surface area contributed by atoms with E-state index in [1.54, 1.807) is 0 Å². The first-order valence-electron chi connectivity index (χ1n) is 6.04. The third kappa shape index (κ3) is 2.26. The molecule has 1 fully saturated rings. The Morgan fingerprint density at radius 1 is 1.19 bits per heavy atom. The fourth-order valence-electron chi connectivity index (χ4n) is 2.56. The van der Waals surface area contributed by atoms with Crippen LogP contribution in [0, 0.1) is 19.8 Å². The second kappa shape index (κ2) is 4.77. The lowest BCUT2D eigenvalue weighted by atomic mass is 9.92. The molecule has 2 heteroatoms. The molecule has 0 spiro atoms. The Labute approximate surface area is 102 Å². The highest BCUT2D eigenvalue weighted by atomic mass is 35.5. The largest absolute Gasteiger partial charge is 0.388 e. The van der Waals surface area contributed by atoms with Crippen LogP contribution in [0.5, 0.6) is 0 Å². The molecule has 0 heterocycles. The van der Waals surface area contributed by atoms with Gasteiger partial charge < -0.3 is 5.11 Å². The summed E-state index contributed by atoms with van der Waals surface area (Å²) in [5, 5.41) is 11.0. The fraction of sp³-hybridized carbons (Fsp3) is 0.571. The molecule has 1 aromatic carbocycles. The van der Waals surface area contributed by atoms with Crippen LogP contribution in [0.4, 0.5) is 0 Å². The maximum atomic E-state index is 10.3. The zero-order chi connectivity index (χ0) is 11.7. The third-order valence-corrected chi connectivity index (χ3v) is 4.11. The molecule has 1 aliphatic rings. The highest BCUT2D eigenvalue weighted by Gasteiger charge is 2.26. The molecule has 1 unspecified atom stereocenters. The molecule has 0 bridgehead atoms.